The first kappa shape index (κ1) is 28.8. The zero-order valence-corrected chi connectivity index (χ0v) is 24.8. The number of nitrogens with one attached hydrogen (secondary N) is 1. The maximum atomic E-state index is 13.8. The van der Waals surface area contributed by atoms with Gasteiger partial charge in [0.15, 0.2) is 4.32 Å². The molecule has 1 N–H and O–H groups in total. The van der Waals surface area contributed by atoms with Gasteiger partial charge in [-0.2, -0.15) is 5.26 Å². The van der Waals surface area contributed by atoms with Crippen molar-refractivity contribution in [2.45, 2.75) is 20.4 Å². The van der Waals surface area contributed by atoms with Crippen molar-refractivity contribution in [3.63, 3.8) is 0 Å². The van der Waals surface area contributed by atoms with Crippen LogP contribution in [-0.2, 0) is 25.4 Å². The molecule has 212 valence electrons. The molecule has 3 heterocycles. The second kappa shape index (κ2) is 11.3. The van der Waals surface area contributed by atoms with Gasteiger partial charge in [-0.25, -0.2) is 9.07 Å². The second-order valence-corrected chi connectivity index (χ2v) is 11.3. The molecule has 4 aromatic rings. The number of hydrogen-bond acceptors (Lipinski definition) is 7. The molecule has 2 aromatic carbocycles. The second-order valence-electron chi connectivity index (χ2n) is 9.65. The average Bonchev–Trinajstić information content (AvgIpc) is 3.37. The number of benzene rings is 2. The molecule has 9 nitrogen and oxygen atoms in total. The zero-order chi connectivity index (χ0) is 30.3. The van der Waals surface area contributed by atoms with Crippen LogP contribution in [0.2, 0.25) is 0 Å². The quantitative estimate of drug-likeness (QED) is 0.256. The molecule has 1 aliphatic rings. The summed E-state index contributed by atoms with van der Waals surface area (Å²) in [7, 11) is 3.26. The summed E-state index contributed by atoms with van der Waals surface area (Å²) in [5.74, 6) is -0.493. The van der Waals surface area contributed by atoms with Gasteiger partial charge in [0.25, 0.3) is 17.0 Å². The Morgan fingerprint density at radius 3 is 2.33 bits per heavy atom. The van der Waals surface area contributed by atoms with E-state index in [-0.39, 0.29) is 32.8 Å². The van der Waals surface area contributed by atoms with Crippen LogP contribution in [0.4, 0.5) is 15.9 Å². The number of thiocarbonyl (C=S) groups is 1. The van der Waals surface area contributed by atoms with Crippen molar-refractivity contribution in [2.75, 3.05) is 10.2 Å². The van der Waals surface area contributed by atoms with E-state index in [0.717, 1.165) is 17.3 Å². The lowest BCUT2D eigenvalue weighted by molar-refractivity contribution is -0.113. The number of hydrogen-bond donors (Lipinski definition) is 1. The van der Waals surface area contributed by atoms with Crippen molar-refractivity contribution in [2.24, 2.45) is 14.1 Å². The van der Waals surface area contributed by atoms with Crippen LogP contribution in [0.5, 0.6) is 0 Å². The Balaban J connectivity index is 1.59. The number of aromatic nitrogens is 3. The van der Waals surface area contributed by atoms with Crippen molar-refractivity contribution < 1.29 is 9.18 Å². The SMILES string of the molecule is Cc1c(/C=C2/SC(=S)N(c3c(C)n(C)n(-c4ccccc4)c3=O)C2=O)c(NCc2ccc(F)cc2)n(C)c(=O)c1C#N. The number of carbonyl (C=O) groups excluding carboxylic acids is 1. The van der Waals surface area contributed by atoms with Gasteiger partial charge in [-0.15, -0.1) is 0 Å². The standard InChI is InChI=1S/C30H25FN6O3S2/c1-17-22(26(34(3)27(38)23(17)15-32)33-16-19-10-12-20(31)13-11-19)14-24-28(39)36(30(41)42-24)25-18(2)35(4)37(29(25)40)21-8-6-5-7-9-21/h5-14,33H,16H2,1-4H3/b24-14+. The molecule has 0 saturated carbocycles. The highest BCUT2D eigenvalue weighted by Gasteiger charge is 2.38. The molecule has 1 saturated heterocycles. The fourth-order valence-corrected chi connectivity index (χ4v) is 6.09. The summed E-state index contributed by atoms with van der Waals surface area (Å²) >= 11 is 6.61. The van der Waals surface area contributed by atoms with E-state index in [4.69, 9.17) is 12.2 Å². The van der Waals surface area contributed by atoms with Crippen molar-refractivity contribution in [3.8, 4) is 11.8 Å². The minimum atomic E-state index is -0.498. The number of thioether (sulfide) groups is 1. The minimum absolute atomic E-state index is 0.0591. The molecule has 0 spiro atoms. The zero-order valence-electron chi connectivity index (χ0n) is 23.1. The summed E-state index contributed by atoms with van der Waals surface area (Å²) < 4.78 is 18.0. The number of pyridine rings is 1. The van der Waals surface area contributed by atoms with Crippen LogP contribution in [0.15, 0.2) is 69.1 Å². The summed E-state index contributed by atoms with van der Waals surface area (Å²) in [6.45, 7) is 3.63. The van der Waals surface area contributed by atoms with Crippen LogP contribution < -0.4 is 21.3 Å². The van der Waals surface area contributed by atoms with Gasteiger partial charge >= 0.3 is 0 Å². The van der Waals surface area contributed by atoms with Crippen LogP contribution in [0.1, 0.15) is 27.9 Å². The third-order valence-electron chi connectivity index (χ3n) is 7.19. The van der Waals surface area contributed by atoms with Crippen LogP contribution >= 0.6 is 24.0 Å². The van der Waals surface area contributed by atoms with E-state index >= 15 is 0 Å². The predicted octanol–water partition coefficient (Wildman–Crippen LogP) is 4.52. The molecular weight excluding hydrogens is 576 g/mol. The first-order chi connectivity index (χ1) is 20.0. The maximum absolute atomic E-state index is 13.8. The van der Waals surface area contributed by atoms with E-state index in [1.54, 1.807) is 55.9 Å². The monoisotopic (exact) mass is 600 g/mol. The van der Waals surface area contributed by atoms with Crippen molar-refractivity contribution >= 4 is 51.8 Å². The van der Waals surface area contributed by atoms with E-state index in [2.05, 4.69) is 5.32 Å². The number of carbonyl (C=O) groups is 1. The Labute approximate surface area is 250 Å². The fourth-order valence-electron chi connectivity index (χ4n) is 4.84. The van der Waals surface area contributed by atoms with Gasteiger partial charge in [-0.1, -0.05) is 54.3 Å². The number of nitriles is 1. The largest absolute Gasteiger partial charge is 0.367 e. The molecule has 1 aliphatic heterocycles. The van der Waals surface area contributed by atoms with E-state index < -0.39 is 17.0 Å². The van der Waals surface area contributed by atoms with Crippen molar-refractivity contribution in [1.29, 1.82) is 5.26 Å². The lowest BCUT2D eigenvalue weighted by Crippen LogP contribution is -2.33. The van der Waals surface area contributed by atoms with Crippen molar-refractivity contribution in [3.05, 3.63) is 114 Å². The Bertz CT molecular complexity index is 1950. The van der Waals surface area contributed by atoms with E-state index in [1.165, 1.54) is 33.3 Å². The number of para-hydroxylation sites is 1. The number of rotatable bonds is 6. The van der Waals surface area contributed by atoms with Gasteiger partial charge in [0.1, 0.15) is 29.0 Å². The van der Waals surface area contributed by atoms with Crippen LogP contribution in [0.3, 0.4) is 0 Å². The first-order valence-electron chi connectivity index (χ1n) is 12.8. The molecule has 12 heteroatoms. The Kier molecular flexibility index (Phi) is 7.73. The molecule has 0 atom stereocenters. The number of nitrogens with zero attached hydrogens (tertiary/aromatic N) is 5. The lowest BCUT2D eigenvalue weighted by atomic mass is 10.0. The average molecular weight is 601 g/mol. The molecule has 0 bridgehead atoms. The molecule has 1 amide bonds. The van der Waals surface area contributed by atoms with Gasteiger partial charge in [0, 0.05) is 26.2 Å². The molecule has 0 unspecified atom stereocenters. The van der Waals surface area contributed by atoms with Gasteiger partial charge in [0.2, 0.25) is 0 Å². The summed E-state index contributed by atoms with van der Waals surface area (Å²) in [6, 6.07) is 16.9. The Morgan fingerprint density at radius 1 is 1.02 bits per heavy atom. The Morgan fingerprint density at radius 2 is 1.69 bits per heavy atom. The third-order valence-corrected chi connectivity index (χ3v) is 8.49. The summed E-state index contributed by atoms with van der Waals surface area (Å²) in [6.07, 6.45) is 1.58. The lowest BCUT2D eigenvalue weighted by Gasteiger charge is -2.18. The highest BCUT2D eigenvalue weighted by molar-refractivity contribution is 8.27. The van der Waals surface area contributed by atoms with Crippen LogP contribution in [-0.4, -0.2) is 24.2 Å². The van der Waals surface area contributed by atoms with Crippen LogP contribution in [0, 0.1) is 31.0 Å². The van der Waals surface area contributed by atoms with Gasteiger partial charge < -0.3 is 5.32 Å². The predicted molar refractivity (Wildman–Crippen MR) is 166 cm³/mol. The normalized spacial score (nSPS) is 14.1. The van der Waals surface area contributed by atoms with E-state index in [9.17, 15) is 24.0 Å². The fraction of sp³-hybridized carbons (Fsp3) is 0.167. The molecular formula is C30H25FN6O3S2. The smallest absolute Gasteiger partial charge is 0.296 e. The summed E-state index contributed by atoms with van der Waals surface area (Å²) in [5, 5.41) is 12.9. The van der Waals surface area contributed by atoms with Crippen molar-refractivity contribution in [1.82, 2.24) is 13.9 Å². The molecule has 2 aromatic heterocycles. The van der Waals surface area contributed by atoms with Gasteiger partial charge in [-0.05, 0) is 55.3 Å². The minimum Gasteiger partial charge on any atom is -0.367 e. The number of amides is 1. The number of halogens is 1. The maximum Gasteiger partial charge on any atom is 0.296 e. The molecule has 0 radical (unpaired) electrons. The highest BCUT2D eigenvalue weighted by Crippen LogP contribution is 2.38. The summed E-state index contributed by atoms with van der Waals surface area (Å²) in [4.78, 5) is 41.9. The molecule has 0 aliphatic carbocycles. The number of anilines is 2. The van der Waals surface area contributed by atoms with E-state index in [1.807, 2.05) is 24.3 Å². The Hall–Kier alpha value is -4.73. The molecule has 42 heavy (non-hydrogen) atoms. The molecule has 5 rings (SSSR count). The third kappa shape index (κ3) is 4.87. The topological polar surface area (TPSA) is 105 Å². The van der Waals surface area contributed by atoms with E-state index in [0.29, 0.717) is 28.3 Å². The van der Waals surface area contributed by atoms with Crippen LogP contribution in [0.25, 0.3) is 11.8 Å². The van der Waals surface area contributed by atoms with Gasteiger partial charge in [-0.3, -0.25) is 28.5 Å². The summed E-state index contributed by atoms with van der Waals surface area (Å²) in [5.41, 5.74) is 1.98. The first-order valence-corrected chi connectivity index (χ1v) is 14.0. The van der Waals surface area contributed by atoms with Gasteiger partial charge in [0.05, 0.1) is 16.3 Å². The molecule has 1 fully saturated rings. The highest BCUT2D eigenvalue weighted by atomic mass is 32.2.